The number of anilines is 1. The first-order valence-corrected chi connectivity index (χ1v) is 7.80. The quantitative estimate of drug-likeness (QED) is 0.852. The molecule has 0 unspecified atom stereocenters. The number of sulfonamides is 1. The topological polar surface area (TPSA) is 72.0 Å². The summed E-state index contributed by atoms with van der Waals surface area (Å²) in [4.78, 5) is 7.80. The zero-order chi connectivity index (χ0) is 14.0. The summed E-state index contributed by atoms with van der Waals surface area (Å²) >= 11 is 8.95. The van der Waals surface area contributed by atoms with Crippen molar-refractivity contribution in [3.05, 3.63) is 45.8 Å². The molecule has 0 aliphatic carbocycles. The Balaban J connectivity index is 2.36. The molecule has 0 aliphatic heterocycles. The van der Waals surface area contributed by atoms with E-state index in [1.54, 1.807) is 13.0 Å². The molecule has 0 atom stereocenters. The Bertz CT molecular complexity index is 722. The van der Waals surface area contributed by atoms with Gasteiger partial charge in [0.1, 0.15) is 11.0 Å². The van der Waals surface area contributed by atoms with Crippen LogP contribution in [0.3, 0.4) is 0 Å². The molecular formula is C11H9BrClN3O2S. The molecule has 0 fully saturated rings. The van der Waals surface area contributed by atoms with Gasteiger partial charge in [0.2, 0.25) is 0 Å². The van der Waals surface area contributed by atoms with E-state index in [0.29, 0.717) is 5.56 Å². The lowest BCUT2D eigenvalue weighted by atomic mass is 10.3. The Morgan fingerprint density at radius 1 is 1.32 bits per heavy atom. The molecule has 0 bridgehead atoms. The monoisotopic (exact) mass is 361 g/mol. The number of nitrogens with zero attached hydrogens (tertiary/aromatic N) is 2. The summed E-state index contributed by atoms with van der Waals surface area (Å²) in [6.07, 6.45) is 2.85. The first-order chi connectivity index (χ1) is 8.88. The van der Waals surface area contributed by atoms with Crippen molar-refractivity contribution in [2.24, 2.45) is 0 Å². The fraction of sp³-hybridized carbons (Fsp3) is 0.0909. The molecule has 100 valence electrons. The second-order valence-electron chi connectivity index (χ2n) is 3.74. The Morgan fingerprint density at radius 3 is 2.68 bits per heavy atom. The molecule has 2 aromatic heterocycles. The second-order valence-corrected chi connectivity index (χ2v) is 6.72. The number of aryl methyl sites for hydroxylation is 1. The summed E-state index contributed by atoms with van der Waals surface area (Å²) in [7, 11) is -3.72. The minimum atomic E-state index is -3.72. The number of hydrogen-bond acceptors (Lipinski definition) is 4. The third kappa shape index (κ3) is 3.43. The molecule has 19 heavy (non-hydrogen) atoms. The molecule has 1 N–H and O–H groups in total. The van der Waals surface area contributed by atoms with E-state index < -0.39 is 10.0 Å². The lowest BCUT2D eigenvalue weighted by molar-refractivity contribution is 0.601. The third-order valence-corrected chi connectivity index (χ3v) is 4.26. The highest BCUT2D eigenvalue weighted by Gasteiger charge is 2.16. The van der Waals surface area contributed by atoms with Crippen molar-refractivity contribution in [2.45, 2.75) is 11.8 Å². The van der Waals surface area contributed by atoms with Crippen molar-refractivity contribution < 1.29 is 8.42 Å². The first-order valence-electron chi connectivity index (χ1n) is 5.15. The number of halogens is 2. The SMILES string of the molecule is Cc1cc(Br)cnc1NS(=O)(=O)c1ccnc(Cl)c1. The Hall–Kier alpha value is -1.18. The standard InChI is InChI=1S/C11H9BrClN3O2S/c1-7-4-8(12)6-15-11(7)16-19(17,18)9-2-3-14-10(13)5-9/h2-6H,1H3,(H,15,16). The van der Waals surface area contributed by atoms with E-state index in [4.69, 9.17) is 11.6 Å². The number of pyridine rings is 2. The van der Waals surface area contributed by atoms with Crippen LogP contribution in [0.25, 0.3) is 0 Å². The van der Waals surface area contributed by atoms with Gasteiger partial charge in [0.25, 0.3) is 10.0 Å². The van der Waals surface area contributed by atoms with Crippen LogP contribution in [0, 0.1) is 6.92 Å². The molecule has 0 saturated heterocycles. The summed E-state index contributed by atoms with van der Waals surface area (Å²) in [6, 6.07) is 4.41. The first kappa shape index (κ1) is 14.2. The largest absolute Gasteiger partial charge is 0.263 e. The molecule has 0 radical (unpaired) electrons. The van der Waals surface area contributed by atoms with Crippen LogP contribution < -0.4 is 4.72 Å². The maximum Gasteiger partial charge on any atom is 0.263 e. The Labute approximate surface area is 124 Å². The highest BCUT2D eigenvalue weighted by Crippen LogP contribution is 2.21. The second kappa shape index (κ2) is 5.44. The lowest BCUT2D eigenvalue weighted by Crippen LogP contribution is -2.15. The minimum Gasteiger partial charge on any atom is -0.263 e. The Morgan fingerprint density at radius 2 is 2.05 bits per heavy atom. The highest BCUT2D eigenvalue weighted by molar-refractivity contribution is 9.10. The van der Waals surface area contributed by atoms with E-state index in [9.17, 15) is 8.42 Å². The van der Waals surface area contributed by atoms with Crippen molar-refractivity contribution >= 4 is 43.4 Å². The summed E-state index contributed by atoms with van der Waals surface area (Å²) in [6.45, 7) is 1.76. The summed E-state index contributed by atoms with van der Waals surface area (Å²) < 4.78 is 27.5. The molecule has 2 rings (SSSR count). The van der Waals surface area contributed by atoms with Crippen molar-refractivity contribution in [1.29, 1.82) is 0 Å². The van der Waals surface area contributed by atoms with Crippen LogP contribution >= 0.6 is 27.5 Å². The van der Waals surface area contributed by atoms with Crippen LogP contribution in [0.15, 0.2) is 40.0 Å². The normalized spacial score (nSPS) is 11.3. The molecule has 0 saturated carbocycles. The number of rotatable bonds is 3. The molecule has 2 heterocycles. The number of aromatic nitrogens is 2. The van der Waals surface area contributed by atoms with Crippen LogP contribution in [0.1, 0.15) is 5.56 Å². The zero-order valence-corrected chi connectivity index (χ0v) is 12.9. The highest BCUT2D eigenvalue weighted by atomic mass is 79.9. The predicted molar refractivity (Wildman–Crippen MR) is 76.7 cm³/mol. The average Bonchev–Trinajstić information content (AvgIpc) is 2.33. The van der Waals surface area contributed by atoms with Gasteiger partial charge in [0, 0.05) is 16.9 Å². The molecule has 5 nitrogen and oxygen atoms in total. The molecule has 2 aromatic rings. The molecular weight excluding hydrogens is 354 g/mol. The van der Waals surface area contributed by atoms with Gasteiger partial charge >= 0.3 is 0 Å². The predicted octanol–water partition coefficient (Wildman–Crippen LogP) is 3.00. The van der Waals surface area contributed by atoms with Gasteiger partial charge in [-0.05, 0) is 46.6 Å². The smallest absolute Gasteiger partial charge is 0.263 e. The van der Waals surface area contributed by atoms with Gasteiger partial charge in [0.05, 0.1) is 4.90 Å². The molecule has 0 spiro atoms. The van der Waals surface area contributed by atoms with E-state index in [2.05, 4.69) is 30.6 Å². The lowest BCUT2D eigenvalue weighted by Gasteiger charge is -2.09. The van der Waals surface area contributed by atoms with Crippen LogP contribution in [-0.4, -0.2) is 18.4 Å². The van der Waals surface area contributed by atoms with Crippen LogP contribution in [0.4, 0.5) is 5.82 Å². The van der Waals surface area contributed by atoms with E-state index in [1.807, 2.05) is 0 Å². The van der Waals surface area contributed by atoms with Crippen molar-refractivity contribution in [1.82, 2.24) is 9.97 Å². The van der Waals surface area contributed by atoms with Gasteiger partial charge in [0.15, 0.2) is 0 Å². The van der Waals surface area contributed by atoms with Crippen LogP contribution in [0.5, 0.6) is 0 Å². The molecule has 0 aliphatic rings. The Kier molecular flexibility index (Phi) is 4.07. The maximum atomic E-state index is 12.1. The number of nitrogens with one attached hydrogen (secondary N) is 1. The molecule has 0 aromatic carbocycles. The molecule has 0 amide bonds. The average molecular weight is 363 g/mol. The van der Waals surface area contributed by atoms with Gasteiger partial charge in [-0.25, -0.2) is 18.4 Å². The van der Waals surface area contributed by atoms with E-state index >= 15 is 0 Å². The van der Waals surface area contributed by atoms with Crippen LogP contribution in [0.2, 0.25) is 5.15 Å². The van der Waals surface area contributed by atoms with E-state index in [1.165, 1.54) is 24.5 Å². The van der Waals surface area contributed by atoms with Crippen molar-refractivity contribution in [3.63, 3.8) is 0 Å². The summed E-state index contributed by atoms with van der Waals surface area (Å²) in [5.41, 5.74) is 0.707. The van der Waals surface area contributed by atoms with E-state index in [-0.39, 0.29) is 15.9 Å². The van der Waals surface area contributed by atoms with Crippen molar-refractivity contribution in [3.8, 4) is 0 Å². The maximum absolute atomic E-state index is 12.1. The summed E-state index contributed by atoms with van der Waals surface area (Å²) in [5, 5.41) is 0.114. The van der Waals surface area contributed by atoms with Gasteiger partial charge in [-0.3, -0.25) is 4.72 Å². The van der Waals surface area contributed by atoms with Gasteiger partial charge in [-0.1, -0.05) is 11.6 Å². The molecule has 8 heteroatoms. The van der Waals surface area contributed by atoms with E-state index in [0.717, 1.165) is 4.47 Å². The van der Waals surface area contributed by atoms with Crippen molar-refractivity contribution in [2.75, 3.05) is 4.72 Å². The summed E-state index contributed by atoms with van der Waals surface area (Å²) in [5.74, 6) is 0.274. The number of hydrogen-bond donors (Lipinski definition) is 1. The van der Waals surface area contributed by atoms with Crippen LogP contribution in [-0.2, 0) is 10.0 Å². The van der Waals surface area contributed by atoms with Gasteiger partial charge in [-0.2, -0.15) is 0 Å². The fourth-order valence-electron chi connectivity index (χ4n) is 1.39. The van der Waals surface area contributed by atoms with Gasteiger partial charge in [-0.15, -0.1) is 0 Å². The third-order valence-electron chi connectivity index (χ3n) is 2.28. The minimum absolute atomic E-state index is 0.0385. The fourth-order valence-corrected chi connectivity index (χ4v) is 3.16. The zero-order valence-electron chi connectivity index (χ0n) is 9.76. The van der Waals surface area contributed by atoms with Gasteiger partial charge < -0.3 is 0 Å².